The Labute approximate surface area is 144 Å². The highest BCUT2D eigenvalue weighted by Crippen LogP contribution is 2.21. The van der Waals surface area contributed by atoms with Crippen LogP contribution in [-0.2, 0) is 11.3 Å². The van der Waals surface area contributed by atoms with Crippen LogP contribution in [0.3, 0.4) is 0 Å². The highest BCUT2D eigenvalue weighted by molar-refractivity contribution is 9.10. The quantitative estimate of drug-likeness (QED) is 0.695. The molecule has 0 fully saturated rings. The van der Waals surface area contributed by atoms with E-state index in [0.29, 0.717) is 17.5 Å². The van der Waals surface area contributed by atoms with Crippen molar-refractivity contribution in [2.75, 3.05) is 6.61 Å². The molecule has 23 heavy (non-hydrogen) atoms. The smallest absolute Gasteiger partial charge is 0.258 e. The number of carbonyl (C=O) groups is 1. The van der Waals surface area contributed by atoms with Crippen LogP contribution in [0.25, 0.3) is 10.7 Å². The van der Waals surface area contributed by atoms with E-state index in [0.717, 1.165) is 9.35 Å². The number of nitrogens with zero attached hydrogens (tertiary/aromatic N) is 2. The van der Waals surface area contributed by atoms with Crippen LogP contribution < -0.4 is 10.1 Å². The van der Waals surface area contributed by atoms with Gasteiger partial charge in [-0.05, 0) is 35.7 Å². The maximum absolute atomic E-state index is 11.8. The van der Waals surface area contributed by atoms with Gasteiger partial charge < -0.3 is 14.6 Å². The molecule has 0 bridgehead atoms. The minimum atomic E-state index is -0.260. The first-order valence-electron chi connectivity index (χ1n) is 6.72. The molecule has 0 saturated carbocycles. The van der Waals surface area contributed by atoms with Crippen molar-refractivity contribution in [2.45, 2.75) is 6.54 Å². The Kier molecular flexibility index (Phi) is 5.04. The van der Waals surface area contributed by atoms with Gasteiger partial charge in [0.1, 0.15) is 5.75 Å². The second-order valence-corrected chi connectivity index (χ2v) is 6.37. The largest absolute Gasteiger partial charge is 0.484 e. The van der Waals surface area contributed by atoms with Gasteiger partial charge in [-0.2, -0.15) is 4.98 Å². The zero-order valence-electron chi connectivity index (χ0n) is 11.9. The Bertz CT molecular complexity index is 772. The number of nitrogens with one attached hydrogen (secondary N) is 1. The second-order valence-electron chi connectivity index (χ2n) is 4.51. The van der Waals surface area contributed by atoms with Gasteiger partial charge in [0.25, 0.3) is 5.91 Å². The Balaban J connectivity index is 1.46. The third kappa shape index (κ3) is 4.40. The summed E-state index contributed by atoms with van der Waals surface area (Å²) >= 11 is 4.86. The number of amides is 1. The van der Waals surface area contributed by atoms with Crippen molar-refractivity contribution in [1.82, 2.24) is 15.5 Å². The van der Waals surface area contributed by atoms with Crippen LogP contribution in [0.1, 0.15) is 5.89 Å². The van der Waals surface area contributed by atoms with Crippen LogP contribution in [0.15, 0.2) is 50.8 Å². The lowest BCUT2D eigenvalue weighted by Crippen LogP contribution is -2.28. The number of aromatic nitrogens is 2. The van der Waals surface area contributed by atoms with E-state index in [1.54, 1.807) is 12.1 Å². The summed E-state index contributed by atoms with van der Waals surface area (Å²) in [6, 6.07) is 11.1. The number of carbonyl (C=O) groups excluding carboxylic acids is 1. The molecule has 0 aliphatic heterocycles. The van der Waals surface area contributed by atoms with Crippen LogP contribution in [0.5, 0.6) is 5.75 Å². The summed E-state index contributed by atoms with van der Waals surface area (Å²) in [6.07, 6.45) is 0. The molecule has 0 aliphatic rings. The van der Waals surface area contributed by atoms with Gasteiger partial charge in [-0.15, -0.1) is 11.3 Å². The van der Waals surface area contributed by atoms with E-state index >= 15 is 0 Å². The van der Waals surface area contributed by atoms with Gasteiger partial charge in [0.05, 0.1) is 11.4 Å². The number of ether oxygens (including phenoxy) is 1. The molecule has 0 radical (unpaired) electrons. The summed E-state index contributed by atoms with van der Waals surface area (Å²) in [7, 11) is 0. The number of halogens is 1. The fraction of sp³-hybridized carbons (Fsp3) is 0.133. The maximum Gasteiger partial charge on any atom is 0.258 e. The lowest BCUT2D eigenvalue weighted by Gasteiger charge is -2.06. The van der Waals surface area contributed by atoms with Gasteiger partial charge in [0.15, 0.2) is 6.61 Å². The number of benzene rings is 1. The molecule has 1 amide bonds. The number of hydrogen-bond acceptors (Lipinski definition) is 6. The number of rotatable bonds is 6. The van der Waals surface area contributed by atoms with Gasteiger partial charge in [-0.25, -0.2) is 0 Å². The Morgan fingerprint density at radius 1 is 1.30 bits per heavy atom. The standard InChI is InChI=1S/C15H12BrN3O3S/c16-10-3-5-11(6-4-10)21-9-13(20)17-8-14-18-15(19-22-14)12-2-1-7-23-12/h1-7H,8-9H2,(H,17,20). The molecule has 2 aromatic heterocycles. The van der Waals surface area contributed by atoms with E-state index in [2.05, 4.69) is 31.4 Å². The van der Waals surface area contributed by atoms with Crippen LogP contribution in [0.2, 0.25) is 0 Å². The Morgan fingerprint density at radius 2 is 2.13 bits per heavy atom. The fourth-order valence-corrected chi connectivity index (χ4v) is 2.65. The van der Waals surface area contributed by atoms with Gasteiger partial charge in [-0.1, -0.05) is 27.2 Å². The molecule has 0 spiro atoms. The number of hydrogen-bond donors (Lipinski definition) is 1. The summed E-state index contributed by atoms with van der Waals surface area (Å²) < 4.78 is 11.4. The Hall–Kier alpha value is -2.19. The molecule has 1 N–H and O–H groups in total. The van der Waals surface area contributed by atoms with Gasteiger partial charge in [0.2, 0.25) is 11.7 Å². The van der Waals surface area contributed by atoms with Gasteiger partial charge in [0, 0.05) is 4.47 Å². The van der Waals surface area contributed by atoms with E-state index in [-0.39, 0.29) is 19.1 Å². The SMILES string of the molecule is O=C(COc1ccc(Br)cc1)NCc1nc(-c2cccs2)no1. The monoisotopic (exact) mass is 393 g/mol. The first kappa shape index (κ1) is 15.7. The molecule has 0 saturated heterocycles. The van der Waals surface area contributed by atoms with Gasteiger partial charge in [-0.3, -0.25) is 4.79 Å². The molecule has 1 aromatic carbocycles. The third-order valence-electron chi connectivity index (χ3n) is 2.83. The molecule has 3 aromatic rings. The van der Waals surface area contributed by atoms with Crippen molar-refractivity contribution in [3.8, 4) is 16.5 Å². The van der Waals surface area contributed by atoms with E-state index < -0.39 is 0 Å². The van der Waals surface area contributed by atoms with Crippen molar-refractivity contribution in [1.29, 1.82) is 0 Å². The molecule has 118 valence electrons. The zero-order valence-corrected chi connectivity index (χ0v) is 14.3. The molecule has 0 aliphatic carbocycles. The molecule has 8 heteroatoms. The zero-order chi connectivity index (χ0) is 16.1. The van der Waals surface area contributed by atoms with Crippen molar-refractivity contribution in [3.05, 3.63) is 52.1 Å². The molecule has 0 unspecified atom stereocenters. The fourth-order valence-electron chi connectivity index (χ4n) is 1.74. The summed E-state index contributed by atoms with van der Waals surface area (Å²) in [6.45, 7) is 0.0917. The summed E-state index contributed by atoms with van der Waals surface area (Å²) in [4.78, 5) is 16.9. The minimum absolute atomic E-state index is 0.0758. The molecule has 2 heterocycles. The summed E-state index contributed by atoms with van der Waals surface area (Å²) in [5, 5.41) is 8.49. The van der Waals surface area contributed by atoms with E-state index in [9.17, 15) is 4.79 Å². The Morgan fingerprint density at radius 3 is 2.87 bits per heavy atom. The van der Waals surface area contributed by atoms with Crippen molar-refractivity contribution in [2.24, 2.45) is 0 Å². The lowest BCUT2D eigenvalue weighted by atomic mass is 10.3. The maximum atomic E-state index is 11.8. The molecule has 6 nitrogen and oxygen atoms in total. The molecule has 3 rings (SSSR count). The average molecular weight is 394 g/mol. The van der Waals surface area contributed by atoms with Crippen LogP contribution in [0, 0.1) is 0 Å². The molecular formula is C15H12BrN3O3S. The minimum Gasteiger partial charge on any atom is -0.484 e. The molecular weight excluding hydrogens is 382 g/mol. The first-order valence-corrected chi connectivity index (χ1v) is 8.39. The van der Waals surface area contributed by atoms with Crippen molar-refractivity contribution < 1.29 is 14.1 Å². The second kappa shape index (κ2) is 7.38. The first-order chi connectivity index (χ1) is 11.2. The van der Waals surface area contributed by atoms with E-state index in [4.69, 9.17) is 9.26 Å². The predicted molar refractivity (Wildman–Crippen MR) is 89.1 cm³/mol. The van der Waals surface area contributed by atoms with Crippen molar-refractivity contribution >= 4 is 33.2 Å². The molecule has 0 atom stereocenters. The van der Waals surface area contributed by atoms with Crippen LogP contribution in [-0.4, -0.2) is 22.7 Å². The topological polar surface area (TPSA) is 77.2 Å². The van der Waals surface area contributed by atoms with E-state index in [1.165, 1.54) is 11.3 Å². The third-order valence-corrected chi connectivity index (χ3v) is 4.22. The van der Waals surface area contributed by atoms with Gasteiger partial charge >= 0.3 is 0 Å². The van der Waals surface area contributed by atoms with Crippen LogP contribution in [0.4, 0.5) is 0 Å². The normalized spacial score (nSPS) is 10.5. The summed E-state index contributed by atoms with van der Waals surface area (Å²) in [5.41, 5.74) is 0. The highest BCUT2D eigenvalue weighted by Gasteiger charge is 2.10. The summed E-state index contributed by atoms with van der Waals surface area (Å²) in [5.74, 6) is 1.24. The highest BCUT2D eigenvalue weighted by atomic mass is 79.9. The van der Waals surface area contributed by atoms with Crippen molar-refractivity contribution in [3.63, 3.8) is 0 Å². The predicted octanol–water partition coefficient (Wildman–Crippen LogP) is 3.26. The lowest BCUT2D eigenvalue weighted by molar-refractivity contribution is -0.123. The number of thiophene rings is 1. The van der Waals surface area contributed by atoms with Crippen LogP contribution >= 0.6 is 27.3 Å². The average Bonchev–Trinajstić information content (AvgIpc) is 3.23. The van der Waals surface area contributed by atoms with E-state index in [1.807, 2.05) is 29.6 Å².